The molecule has 0 aromatic heterocycles. The highest BCUT2D eigenvalue weighted by Crippen LogP contribution is 2.10. The van der Waals surface area contributed by atoms with Crippen molar-refractivity contribution >= 4 is 12.0 Å². The first-order valence-corrected chi connectivity index (χ1v) is 8.90. The molecule has 0 atom stereocenters. The molecule has 1 aromatic rings. The monoisotopic (exact) mass is 366 g/mol. The number of ether oxygens (including phenoxy) is 3. The molecule has 0 unspecified atom stereocenters. The van der Waals surface area contributed by atoms with Crippen molar-refractivity contribution in [2.45, 2.75) is 12.8 Å². The summed E-state index contributed by atoms with van der Waals surface area (Å²) < 4.78 is 16.1. The minimum absolute atomic E-state index is 0.156. The zero-order chi connectivity index (χ0) is 18.9. The number of phenols is 1. The van der Waals surface area contributed by atoms with Gasteiger partial charge in [0.05, 0.1) is 26.4 Å². The SMILES string of the molecule is NCCCOCCOCCOCCCNC(=O)/C=C\c1ccc(O)cc1. The summed E-state index contributed by atoms with van der Waals surface area (Å²) >= 11 is 0. The highest BCUT2D eigenvalue weighted by atomic mass is 16.5. The number of nitrogens with one attached hydrogen (secondary N) is 1. The molecule has 0 aliphatic rings. The summed E-state index contributed by atoms with van der Waals surface area (Å²) in [5, 5.41) is 12.0. The zero-order valence-corrected chi connectivity index (χ0v) is 15.2. The first-order valence-electron chi connectivity index (χ1n) is 8.90. The normalized spacial score (nSPS) is 11.1. The van der Waals surface area contributed by atoms with Crippen molar-refractivity contribution in [3.8, 4) is 5.75 Å². The van der Waals surface area contributed by atoms with Gasteiger partial charge in [0.15, 0.2) is 0 Å². The second-order valence-electron chi connectivity index (χ2n) is 5.55. The predicted octanol–water partition coefficient (Wildman–Crippen LogP) is 1.31. The first kappa shape index (κ1) is 22.1. The highest BCUT2D eigenvalue weighted by Gasteiger charge is 1.96. The lowest BCUT2D eigenvalue weighted by molar-refractivity contribution is -0.116. The molecule has 1 amide bonds. The van der Waals surface area contributed by atoms with Gasteiger partial charge < -0.3 is 30.4 Å². The van der Waals surface area contributed by atoms with Gasteiger partial charge in [0.25, 0.3) is 0 Å². The average Bonchev–Trinajstić information content (AvgIpc) is 2.65. The maximum atomic E-state index is 11.7. The second kappa shape index (κ2) is 15.3. The quantitative estimate of drug-likeness (QED) is 0.319. The van der Waals surface area contributed by atoms with Crippen LogP contribution in [0.1, 0.15) is 18.4 Å². The van der Waals surface area contributed by atoms with Gasteiger partial charge in [-0.05, 0) is 43.2 Å². The molecule has 0 spiro atoms. The largest absolute Gasteiger partial charge is 0.508 e. The van der Waals surface area contributed by atoms with Gasteiger partial charge in [0.1, 0.15) is 5.75 Å². The highest BCUT2D eigenvalue weighted by molar-refractivity contribution is 5.91. The number of amides is 1. The van der Waals surface area contributed by atoms with Gasteiger partial charge in [-0.3, -0.25) is 4.79 Å². The topological polar surface area (TPSA) is 103 Å². The standard InChI is InChI=1S/C19H30N2O5/c20-9-1-11-24-13-15-26-16-14-25-12-2-10-21-19(23)8-5-17-3-6-18(22)7-4-17/h3-8,22H,1-2,9-16,20H2,(H,21,23)/b8-5-. The molecule has 7 heteroatoms. The van der Waals surface area contributed by atoms with Crippen LogP contribution >= 0.6 is 0 Å². The van der Waals surface area contributed by atoms with Crippen LogP contribution in [0.2, 0.25) is 0 Å². The Bertz CT molecular complexity index is 505. The molecule has 0 heterocycles. The van der Waals surface area contributed by atoms with Gasteiger partial charge >= 0.3 is 0 Å². The third-order valence-corrected chi connectivity index (χ3v) is 3.32. The van der Waals surface area contributed by atoms with Gasteiger partial charge in [0, 0.05) is 25.8 Å². The van der Waals surface area contributed by atoms with E-state index >= 15 is 0 Å². The van der Waals surface area contributed by atoms with E-state index in [-0.39, 0.29) is 11.7 Å². The maximum Gasteiger partial charge on any atom is 0.244 e. The Morgan fingerprint density at radius 2 is 1.54 bits per heavy atom. The first-order chi connectivity index (χ1) is 12.7. The van der Waals surface area contributed by atoms with E-state index < -0.39 is 0 Å². The molecule has 146 valence electrons. The Morgan fingerprint density at radius 3 is 2.15 bits per heavy atom. The summed E-state index contributed by atoms with van der Waals surface area (Å²) in [5.41, 5.74) is 6.21. The van der Waals surface area contributed by atoms with Crippen molar-refractivity contribution in [2.24, 2.45) is 5.73 Å². The lowest BCUT2D eigenvalue weighted by Crippen LogP contribution is -2.23. The predicted molar refractivity (Wildman–Crippen MR) is 101 cm³/mol. The number of hydrogen-bond donors (Lipinski definition) is 3. The number of aromatic hydroxyl groups is 1. The number of carbonyl (C=O) groups is 1. The number of hydrogen-bond acceptors (Lipinski definition) is 6. The Hall–Kier alpha value is -1.93. The Labute approximate surface area is 155 Å². The van der Waals surface area contributed by atoms with E-state index in [1.54, 1.807) is 30.3 Å². The van der Waals surface area contributed by atoms with Crippen LogP contribution in [0, 0.1) is 0 Å². The zero-order valence-electron chi connectivity index (χ0n) is 15.2. The molecule has 0 saturated heterocycles. The Kier molecular flexibility index (Phi) is 13.0. The van der Waals surface area contributed by atoms with Crippen LogP contribution < -0.4 is 11.1 Å². The van der Waals surface area contributed by atoms with Gasteiger partial charge in [-0.2, -0.15) is 0 Å². The van der Waals surface area contributed by atoms with Gasteiger partial charge in [-0.15, -0.1) is 0 Å². The third kappa shape index (κ3) is 12.4. The summed E-state index contributed by atoms with van der Waals surface area (Å²) in [5.74, 6) is 0.0453. The maximum absolute atomic E-state index is 11.7. The molecule has 0 radical (unpaired) electrons. The van der Waals surface area contributed by atoms with Crippen LogP contribution in [0.15, 0.2) is 30.3 Å². The molecule has 0 fully saturated rings. The number of rotatable bonds is 15. The number of benzene rings is 1. The van der Waals surface area contributed by atoms with Crippen LogP contribution in [0.25, 0.3) is 6.08 Å². The number of phenolic OH excluding ortho intramolecular Hbond substituents is 1. The van der Waals surface area contributed by atoms with Gasteiger partial charge in [-0.25, -0.2) is 0 Å². The number of carbonyl (C=O) groups excluding carboxylic acids is 1. The molecular formula is C19H30N2O5. The molecule has 1 rings (SSSR count). The summed E-state index contributed by atoms with van der Waals surface area (Å²) in [6.07, 6.45) is 4.77. The molecule has 0 bridgehead atoms. The minimum atomic E-state index is -0.156. The van der Waals surface area contributed by atoms with E-state index in [9.17, 15) is 9.90 Å². The summed E-state index contributed by atoms with van der Waals surface area (Å²) in [7, 11) is 0. The van der Waals surface area contributed by atoms with Crippen LogP contribution in [-0.4, -0.2) is 63.7 Å². The van der Waals surface area contributed by atoms with Crippen molar-refractivity contribution in [1.29, 1.82) is 0 Å². The summed E-state index contributed by atoms with van der Waals surface area (Å²) in [6, 6.07) is 6.63. The van der Waals surface area contributed by atoms with Crippen molar-refractivity contribution < 1.29 is 24.1 Å². The van der Waals surface area contributed by atoms with Gasteiger partial charge in [-0.1, -0.05) is 12.1 Å². The fraction of sp³-hybridized carbons (Fsp3) is 0.526. The van der Waals surface area contributed by atoms with Crippen LogP contribution in [0.5, 0.6) is 5.75 Å². The van der Waals surface area contributed by atoms with Crippen LogP contribution in [0.4, 0.5) is 0 Å². The molecule has 0 aliphatic carbocycles. The van der Waals surface area contributed by atoms with Crippen molar-refractivity contribution in [3.63, 3.8) is 0 Å². The van der Waals surface area contributed by atoms with E-state index in [1.165, 1.54) is 6.08 Å². The molecule has 4 N–H and O–H groups in total. The Balaban J connectivity index is 1.89. The van der Waals surface area contributed by atoms with Crippen molar-refractivity contribution in [1.82, 2.24) is 5.32 Å². The lowest BCUT2D eigenvalue weighted by atomic mass is 10.2. The summed E-state index contributed by atoms with van der Waals surface area (Å²) in [6.45, 7) is 4.61. The van der Waals surface area contributed by atoms with Crippen molar-refractivity contribution in [2.75, 3.05) is 52.7 Å². The molecule has 1 aromatic carbocycles. The average molecular weight is 366 g/mol. The van der Waals surface area contributed by atoms with E-state index in [0.717, 1.165) is 18.4 Å². The molecular weight excluding hydrogens is 336 g/mol. The molecule has 7 nitrogen and oxygen atoms in total. The minimum Gasteiger partial charge on any atom is -0.508 e. The summed E-state index contributed by atoms with van der Waals surface area (Å²) in [4.78, 5) is 11.7. The fourth-order valence-electron chi connectivity index (χ4n) is 1.93. The van der Waals surface area contributed by atoms with E-state index in [1.807, 2.05) is 0 Å². The van der Waals surface area contributed by atoms with E-state index in [2.05, 4.69) is 5.32 Å². The fourth-order valence-corrected chi connectivity index (χ4v) is 1.93. The number of nitrogens with two attached hydrogens (primary N) is 1. The van der Waals surface area contributed by atoms with Crippen LogP contribution in [-0.2, 0) is 19.0 Å². The van der Waals surface area contributed by atoms with Crippen LogP contribution in [0.3, 0.4) is 0 Å². The molecule has 0 aliphatic heterocycles. The van der Waals surface area contributed by atoms with E-state index in [0.29, 0.717) is 52.7 Å². The molecule has 0 saturated carbocycles. The Morgan fingerprint density at radius 1 is 0.962 bits per heavy atom. The lowest BCUT2D eigenvalue weighted by Gasteiger charge is -2.07. The van der Waals surface area contributed by atoms with Gasteiger partial charge in [0.2, 0.25) is 5.91 Å². The van der Waals surface area contributed by atoms with E-state index in [4.69, 9.17) is 19.9 Å². The van der Waals surface area contributed by atoms with Crippen molar-refractivity contribution in [3.05, 3.63) is 35.9 Å². The smallest absolute Gasteiger partial charge is 0.244 e. The molecule has 26 heavy (non-hydrogen) atoms. The second-order valence-corrected chi connectivity index (χ2v) is 5.55. The third-order valence-electron chi connectivity index (χ3n) is 3.32.